The second-order valence-electron chi connectivity index (χ2n) is 7.35. The molecule has 3 atom stereocenters. The number of likely N-dealkylation sites (tertiary alicyclic amines) is 1. The van der Waals surface area contributed by atoms with Gasteiger partial charge in [-0.05, 0) is 43.9 Å². The molecule has 0 unspecified atom stereocenters. The van der Waals surface area contributed by atoms with Crippen molar-refractivity contribution in [3.63, 3.8) is 0 Å². The standard InChI is InChI=1S/C19H23N3O4/c1-21-11-20-15-9-12(3-4-14(15)18(21)25)17(24)22-8-7-19(26-2)6-5-13(23)10-16(19)22/h3-4,9,11,13,16,23H,5-8,10H2,1-2H3/t13-,16-,19+/m0/s1. The number of aryl methyl sites for hydroxylation is 1. The minimum absolute atomic E-state index is 0.104. The van der Waals surface area contributed by atoms with Crippen molar-refractivity contribution in [1.82, 2.24) is 14.5 Å². The van der Waals surface area contributed by atoms with Crippen LogP contribution in [0.2, 0.25) is 0 Å². The van der Waals surface area contributed by atoms with Crippen molar-refractivity contribution in [3.05, 3.63) is 40.4 Å². The van der Waals surface area contributed by atoms with Gasteiger partial charge in [0.2, 0.25) is 0 Å². The van der Waals surface area contributed by atoms with Crippen molar-refractivity contribution in [3.8, 4) is 0 Å². The number of hydrogen-bond donors (Lipinski definition) is 1. The van der Waals surface area contributed by atoms with E-state index in [0.29, 0.717) is 35.9 Å². The Morgan fingerprint density at radius 1 is 1.38 bits per heavy atom. The Balaban J connectivity index is 1.68. The lowest BCUT2D eigenvalue weighted by atomic mass is 9.79. The smallest absolute Gasteiger partial charge is 0.260 e. The average molecular weight is 357 g/mol. The van der Waals surface area contributed by atoms with Crippen LogP contribution in [-0.4, -0.2) is 56.9 Å². The molecule has 1 saturated heterocycles. The first-order valence-electron chi connectivity index (χ1n) is 8.95. The molecule has 1 amide bonds. The van der Waals surface area contributed by atoms with E-state index in [0.717, 1.165) is 12.8 Å². The zero-order valence-electron chi connectivity index (χ0n) is 15.0. The third-order valence-corrected chi connectivity index (χ3v) is 5.99. The number of rotatable bonds is 2. The van der Waals surface area contributed by atoms with Crippen LogP contribution in [0, 0.1) is 0 Å². The number of aromatic nitrogens is 2. The van der Waals surface area contributed by atoms with Gasteiger partial charge in [-0.2, -0.15) is 0 Å². The van der Waals surface area contributed by atoms with Crippen molar-refractivity contribution < 1.29 is 14.6 Å². The number of carbonyl (C=O) groups excluding carboxylic acids is 1. The number of hydrogen-bond acceptors (Lipinski definition) is 5. The molecule has 1 aliphatic heterocycles. The number of aliphatic hydroxyl groups is 1. The van der Waals surface area contributed by atoms with Gasteiger partial charge in [0.15, 0.2) is 0 Å². The van der Waals surface area contributed by atoms with Crippen molar-refractivity contribution in [1.29, 1.82) is 0 Å². The predicted molar refractivity (Wildman–Crippen MR) is 96.0 cm³/mol. The molecule has 4 rings (SSSR count). The van der Waals surface area contributed by atoms with E-state index in [4.69, 9.17) is 4.74 Å². The van der Waals surface area contributed by atoms with Gasteiger partial charge in [-0.3, -0.25) is 9.59 Å². The van der Waals surface area contributed by atoms with Gasteiger partial charge in [-0.1, -0.05) is 0 Å². The summed E-state index contributed by atoms with van der Waals surface area (Å²) in [5.74, 6) is -0.104. The minimum atomic E-state index is -0.405. The van der Waals surface area contributed by atoms with Crippen LogP contribution >= 0.6 is 0 Å². The fraction of sp³-hybridized carbons (Fsp3) is 0.526. The van der Waals surface area contributed by atoms with Crippen LogP contribution in [0.5, 0.6) is 0 Å². The summed E-state index contributed by atoms with van der Waals surface area (Å²) in [5, 5.41) is 10.6. The average Bonchev–Trinajstić information content (AvgIpc) is 3.03. The SMILES string of the molecule is CO[C@@]12CC[C@H](O)C[C@@H]1N(C(=O)c1ccc3c(=O)n(C)cnc3c1)CC2. The van der Waals surface area contributed by atoms with E-state index in [1.807, 2.05) is 4.90 Å². The number of carbonyl (C=O) groups is 1. The van der Waals surface area contributed by atoms with Crippen LogP contribution in [0.1, 0.15) is 36.0 Å². The molecule has 7 nitrogen and oxygen atoms in total. The van der Waals surface area contributed by atoms with Crippen LogP contribution in [0.4, 0.5) is 0 Å². The van der Waals surface area contributed by atoms with Gasteiger partial charge >= 0.3 is 0 Å². The van der Waals surface area contributed by atoms with Crippen molar-refractivity contribution in [2.75, 3.05) is 13.7 Å². The Bertz CT molecular complexity index is 925. The summed E-state index contributed by atoms with van der Waals surface area (Å²) in [6.07, 6.45) is 3.83. The number of amides is 1. The molecule has 2 aromatic rings. The summed E-state index contributed by atoms with van der Waals surface area (Å²) >= 11 is 0. The van der Waals surface area contributed by atoms with E-state index < -0.39 is 6.10 Å². The molecule has 0 spiro atoms. The Hall–Kier alpha value is -2.25. The van der Waals surface area contributed by atoms with E-state index in [9.17, 15) is 14.7 Å². The van der Waals surface area contributed by atoms with Crippen LogP contribution in [0.25, 0.3) is 10.9 Å². The van der Waals surface area contributed by atoms with Crippen LogP contribution in [-0.2, 0) is 11.8 Å². The molecule has 2 aliphatic rings. The van der Waals surface area contributed by atoms with Gasteiger partial charge in [-0.25, -0.2) is 4.98 Å². The third kappa shape index (κ3) is 2.54. The first-order valence-corrected chi connectivity index (χ1v) is 8.95. The Kier molecular flexibility index (Phi) is 4.08. The molecule has 1 aromatic heterocycles. The lowest BCUT2D eigenvalue weighted by molar-refractivity contribution is -0.0824. The second kappa shape index (κ2) is 6.17. The zero-order chi connectivity index (χ0) is 18.5. The van der Waals surface area contributed by atoms with E-state index in [-0.39, 0.29) is 23.1 Å². The molecule has 1 aliphatic carbocycles. The number of nitrogens with zero attached hydrogens (tertiary/aromatic N) is 3. The van der Waals surface area contributed by atoms with Crippen LogP contribution in [0.3, 0.4) is 0 Å². The summed E-state index contributed by atoms with van der Waals surface area (Å²) in [4.78, 5) is 31.4. The van der Waals surface area contributed by atoms with Gasteiger partial charge in [-0.15, -0.1) is 0 Å². The quantitative estimate of drug-likeness (QED) is 0.869. The van der Waals surface area contributed by atoms with E-state index >= 15 is 0 Å². The van der Waals surface area contributed by atoms with Gasteiger partial charge in [0.1, 0.15) is 0 Å². The largest absolute Gasteiger partial charge is 0.393 e. The van der Waals surface area contributed by atoms with Gasteiger partial charge in [0.25, 0.3) is 11.5 Å². The van der Waals surface area contributed by atoms with Gasteiger partial charge in [0.05, 0.1) is 35.0 Å². The topological polar surface area (TPSA) is 84.7 Å². The molecule has 1 aromatic carbocycles. The first kappa shape index (κ1) is 17.2. The summed E-state index contributed by atoms with van der Waals surface area (Å²) in [7, 11) is 3.34. The van der Waals surface area contributed by atoms with Crippen LogP contribution in [0.15, 0.2) is 29.3 Å². The molecule has 138 valence electrons. The second-order valence-corrected chi connectivity index (χ2v) is 7.35. The highest BCUT2D eigenvalue weighted by molar-refractivity contribution is 5.98. The summed E-state index contributed by atoms with van der Waals surface area (Å²) in [6.45, 7) is 0.603. The maximum atomic E-state index is 13.1. The van der Waals surface area contributed by atoms with E-state index in [1.165, 1.54) is 10.9 Å². The normalized spacial score (nSPS) is 28.3. The Labute approximate surface area is 151 Å². The predicted octanol–water partition coefficient (Wildman–Crippen LogP) is 1.08. The first-order chi connectivity index (χ1) is 12.4. The highest BCUT2D eigenvalue weighted by Crippen LogP contribution is 2.42. The molecule has 0 bridgehead atoms. The maximum absolute atomic E-state index is 13.1. The molecular formula is C19H23N3O4. The van der Waals surface area contributed by atoms with Crippen molar-refractivity contribution in [2.24, 2.45) is 7.05 Å². The fourth-order valence-electron chi connectivity index (χ4n) is 4.43. The maximum Gasteiger partial charge on any atom is 0.260 e. The monoisotopic (exact) mass is 357 g/mol. The number of aliphatic hydroxyl groups excluding tert-OH is 1. The number of methoxy groups -OCH3 is 1. The van der Waals surface area contributed by atoms with Gasteiger partial charge < -0.3 is 19.3 Å². The number of fused-ring (bicyclic) bond motifs is 2. The summed E-state index contributed by atoms with van der Waals surface area (Å²) in [6, 6.07) is 4.88. The molecule has 2 fully saturated rings. The zero-order valence-corrected chi connectivity index (χ0v) is 15.0. The summed E-state index contributed by atoms with van der Waals surface area (Å²) in [5.41, 5.74) is 0.522. The fourth-order valence-corrected chi connectivity index (χ4v) is 4.43. The summed E-state index contributed by atoms with van der Waals surface area (Å²) < 4.78 is 7.22. The Morgan fingerprint density at radius 2 is 2.19 bits per heavy atom. The Morgan fingerprint density at radius 3 is 2.96 bits per heavy atom. The molecule has 26 heavy (non-hydrogen) atoms. The van der Waals surface area contributed by atoms with E-state index in [1.54, 1.807) is 32.4 Å². The van der Waals surface area contributed by atoms with E-state index in [2.05, 4.69) is 4.98 Å². The molecular weight excluding hydrogens is 334 g/mol. The third-order valence-electron chi connectivity index (χ3n) is 5.99. The molecule has 1 saturated carbocycles. The molecule has 0 radical (unpaired) electrons. The molecule has 7 heteroatoms. The molecule has 1 N–H and O–H groups in total. The molecule has 2 heterocycles. The minimum Gasteiger partial charge on any atom is -0.393 e. The van der Waals surface area contributed by atoms with Crippen LogP contribution < -0.4 is 5.56 Å². The van der Waals surface area contributed by atoms with Crippen molar-refractivity contribution >= 4 is 16.8 Å². The lowest BCUT2D eigenvalue weighted by Gasteiger charge is -2.42. The highest BCUT2D eigenvalue weighted by Gasteiger charge is 2.52. The lowest BCUT2D eigenvalue weighted by Crippen LogP contribution is -2.52. The van der Waals surface area contributed by atoms with Gasteiger partial charge in [0, 0.05) is 26.3 Å². The van der Waals surface area contributed by atoms with Crippen molar-refractivity contribution in [2.45, 2.75) is 43.4 Å². The number of ether oxygens (including phenoxy) is 1. The number of benzene rings is 1. The highest BCUT2D eigenvalue weighted by atomic mass is 16.5.